The lowest BCUT2D eigenvalue weighted by atomic mass is 9.95. The lowest BCUT2D eigenvalue weighted by Crippen LogP contribution is -2.60. The maximum Gasteiger partial charge on any atom is 0.256 e. The van der Waals surface area contributed by atoms with Crippen LogP contribution in [0.5, 0.6) is 0 Å². The molecule has 2 aromatic rings. The summed E-state index contributed by atoms with van der Waals surface area (Å²) in [5.74, 6) is -0.371. The van der Waals surface area contributed by atoms with Gasteiger partial charge in [-0.05, 0) is 43.5 Å². The fraction of sp³-hybridized carbons (Fsp3) is 0.423. The topological polar surface area (TPSA) is 79.0 Å². The van der Waals surface area contributed by atoms with E-state index < -0.39 is 11.8 Å². The molecule has 172 valence electrons. The van der Waals surface area contributed by atoms with E-state index in [1.165, 1.54) is 0 Å². The number of hydrogen-bond donors (Lipinski definition) is 1. The summed E-state index contributed by atoms with van der Waals surface area (Å²) >= 11 is 0. The first-order valence-electron chi connectivity index (χ1n) is 11.7. The Morgan fingerprint density at radius 3 is 2.27 bits per heavy atom. The summed E-state index contributed by atoms with van der Waals surface area (Å²) < 4.78 is 6.24. The molecule has 3 amide bonds. The highest BCUT2D eigenvalue weighted by molar-refractivity contribution is 5.99. The van der Waals surface area contributed by atoms with E-state index in [0.717, 1.165) is 18.4 Å². The van der Waals surface area contributed by atoms with Gasteiger partial charge in [0.05, 0.1) is 6.61 Å². The number of ether oxygens (including phenoxy) is 1. The third kappa shape index (κ3) is 4.13. The normalized spacial score (nSPS) is 21.8. The van der Waals surface area contributed by atoms with E-state index in [0.29, 0.717) is 37.1 Å². The molecule has 2 aliphatic heterocycles. The molecule has 1 aliphatic carbocycles. The molecule has 0 bridgehead atoms. The van der Waals surface area contributed by atoms with Crippen molar-refractivity contribution in [1.29, 1.82) is 0 Å². The van der Waals surface area contributed by atoms with Crippen LogP contribution < -0.4 is 5.32 Å². The minimum Gasteiger partial charge on any atom is -0.353 e. The molecule has 3 fully saturated rings. The predicted octanol–water partition coefficient (Wildman–Crippen LogP) is 2.75. The first-order chi connectivity index (χ1) is 16.0. The largest absolute Gasteiger partial charge is 0.353 e. The number of hydrogen-bond acceptors (Lipinski definition) is 4. The van der Waals surface area contributed by atoms with Crippen molar-refractivity contribution in [3.05, 3.63) is 71.3 Å². The van der Waals surface area contributed by atoms with Crippen LogP contribution in [-0.4, -0.2) is 65.0 Å². The van der Waals surface area contributed by atoms with E-state index >= 15 is 0 Å². The van der Waals surface area contributed by atoms with Gasteiger partial charge in [-0.15, -0.1) is 0 Å². The number of aryl methyl sites for hydroxylation is 1. The summed E-state index contributed by atoms with van der Waals surface area (Å²) in [6.07, 6.45) is 2.90. The highest BCUT2D eigenvalue weighted by Crippen LogP contribution is 2.39. The second kappa shape index (κ2) is 8.63. The molecule has 1 saturated carbocycles. The fourth-order valence-corrected chi connectivity index (χ4v) is 4.85. The van der Waals surface area contributed by atoms with Gasteiger partial charge in [-0.25, -0.2) is 0 Å². The molecule has 0 aromatic heterocycles. The Bertz CT molecular complexity index is 1060. The predicted molar refractivity (Wildman–Crippen MR) is 123 cm³/mol. The smallest absolute Gasteiger partial charge is 0.256 e. The van der Waals surface area contributed by atoms with Crippen LogP contribution in [0.4, 0.5) is 0 Å². The summed E-state index contributed by atoms with van der Waals surface area (Å²) in [4.78, 5) is 43.2. The van der Waals surface area contributed by atoms with Gasteiger partial charge in [0.2, 0.25) is 5.91 Å². The van der Waals surface area contributed by atoms with Crippen LogP contribution >= 0.6 is 0 Å². The van der Waals surface area contributed by atoms with Crippen molar-refractivity contribution in [2.24, 2.45) is 0 Å². The zero-order valence-corrected chi connectivity index (χ0v) is 18.8. The molecule has 0 radical (unpaired) electrons. The van der Waals surface area contributed by atoms with Crippen molar-refractivity contribution in [3.8, 4) is 0 Å². The Morgan fingerprint density at radius 1 is 0.939 bits per heavy atom. The molecule has 5 rings (SSSR count). The lowest BCUT2D eigenvalue weighted by Gasteiger charge is -2.44. The number of likely N-dealkylation sites (tertiary alicyclic amines) is 1. The Hall–Kier alpha value is -3.19. The quantitative estimate of drug-likeness (QED) is 0.782. The van der Waals surface area contributed by atoms with E-state index in [9.17, 15) is 14.4 Å². The summed E-state index contributed by atoms with van der Waals surface area (Å²) in [6, 6.07) is 16.1. The fourth-order valence-electron chi connectivity index (χ4n) is 4.85. The molecular weight excluding hydrogens is 418 g/mol. The van der Waals surface area contributed by atoms with Crippen molar-refractivity contribution in [2.75, 3.05) is 19.7 Å². The number of rotatable bonds is 4. The first-order valence-corrected chi connectivity index (χ1v) is 11.7. The molecule has 1 atom stereocenters. The zero-order valence-electron chi connectivity index (χ0n) is 18.8. The number of amides is 3. The highest BCUT2D eigenvalue weighted by Gasteiger charge is 2.54. The Balaban J connectivity index is 1.38. The van der Waals surface area contributed by atoms with Gasteiger partial charge in [0, 0.05) is 43.1 Å². The van der Waals surface area contributed by atoms with Gasteiger partial charge in [0.25, 0.3) is 11.8 Å². The minimum absolute atomic E-state index is 0.00934. The summed E-state index contributed by atoms with van der Waals surface area (Å²) in [7, 11) is 0. The first kappa shape index (κ1) is 21.6. The Labute approximate surface area is 193 Å². The number of piperidine rings is 1. The molecule has 7 heteroatoms. The molecule has 2 aromatic carbocycles. The van der Waals surface area contributed by atoms with Gasteiger partial charge in [-0.1, -0.05) is 36.4 Å². The second-order valence-electron chi connectivity index (χ2n) is 9.20. The molecule has 0 unspecified atom stereocenters. The van der Waals surface area contributed by atoms with E-state index in [4.69, 9.17) is 4.74 Å². The van der Waals surface area contributed by atoms with Crippen LogP contribution in [0, 0.1) is 6.92 Å². The number of carbonyl (C=O) groups excluding carboxylic acids is 3. The highest BCUT2D eigenvalue weighted by atomic mass is 16.5. The molecule has 2 heterocycles. The van der Waals surface area contributed by atoms with E-state index in [-0.39, 0.29) is 30.4 Å². The molecular formula is C26H29N3O4. The lowest BCUT2D eigenvalue weighted by molar-refractivity contribution is -0.128. The van der Waals surface area contributed by atoms with Crippen LogP contribution in [0.15, 0.2) is 54.6 Å². The van der Waals surface area contributed by atoms with E-state index in [2.05, 4.69) is 5.32 Å². The molecule has 3 aliphatic rings. The van der Waals surface area contributed by atoms with Gasteiger partial charge in [0.15, 0.2) is 0 Å². The van der Waals surface area contributed by atoms with E-state index in [1.54, 1.807) is 17.0 Å². The number of carbonyl (C=O) groups is 3. The molecule has 2 saturated heterocycles. The number of nitrogens with zero attached hydrogens (tertiary/aromatic N) is 2. The van der Waals surface area contributed by atoms with Crippen LogP contribution in [-0.2, 0) is 9.53 Å². The second-order valence-corrected chi connectivity index (χ2v) is 9.20. The van der Waals surface area contributed by atoms with Gasteiger partial charge < -0.3 is 15.0 Å². The summed E-state index contributed by atoms with van der Waals surface area (Å²) in [5.41, 5.74) is 1.28. The Kier molecular flexibility index (Phi) is 5.66. The van der Waals surface area contributed by atoms with Crippen molar-refractivity contribution in [3.63, 3.8) is 0 Å². The molecule has 1 spiro atoms. The number of benzene rings is 2. The maximum absolute atomic E-state index is 13.6. The molecule has 33 heavy (non-hydrogen) atoms. The van der Waals surface area contributed by atoms with Crippen molar-refractivity contribution in [2.45, 2.75) is 50.4 Å². The standard InChI is InChI=1S/C26H29N3O4/c1-18-7-5-6-10-21(18)25(32)28-15-13-26(14-16-28)29(24(31)19-8-3-2-4-9-19)22(17-33-26)23(30)27-20-11-12-20/h2-10,20,22H,11-17H2,1H3,(H,27,30)/t22-/m0/s1. The third-order valence-corrected chi connectivity index (χ3v) is 6.93. The maximum atomic E-state index is 13.6. The van der Waals surface area contributed by atoms with Crippen LogP contribution in [0.3, 0.4) is 0 Å². The van der Waals surface area contributed by atoms with Crippen molar-refractivity contribution < 1.29 is 19.1 Å². The van der Waals surface area contributed by atoms with Crippen molar-refractivity contribution >= 4 is 17.7 Å². The van der Waals surface area contributed by atoms with Gasteiger partial charge >= 0.3 is 0 Å². The summed E-state index contributed by atoms with van der Waals surface area (Å²) in [5, 5.41) is 3.03. The van der Waals surface area contributed by atoms with E-state index in [1.807, 2.05) is 54.3 Å². The third-order valence-electron chi connectivity index (χ3n) is 6.93. The minimum atomic E-state index is -0.888. The van der Waals surface area contributed by atoms with Crippen LogP contribution in [0.1, 0.15) is 52.0 Å². The SMILES string of the molecule is Cc1ccccc1C(=O)N1CCC2(CC1)OC[C@@H](C(=O)NC1CC1)N2C(=O)c1ccccc1. The number of nitrogens with one attached hydrogen (secondary N) is 1. The van der Waals surface area contributed by atoms with Crippen LogP contribution in [0.25, 0.3) is 0 Å². The monoisotopic (exact) mass is 447 g/mol. The van der Waals surface area contributed by atoms with Gasteiger partial charge in [-0.2, -0.15) is 0 Å². The molecule has 7 nitrogen and oxygen atoms in total. The molecule has 1 N–H and O–H groups in total. The summed E-state index contributed by atoms with van der Waals surface area (Å²) in [6.45, 7) is 3.02. The van der Waals surface area contributed by atoms with Crippen LogP contribution in [0.2, 0.25) is 0 Å². The average molecular weight is 448 g/mol. The van der Waals surface area contributed by atoms with Gasteiger partial charge in [-0.3, -0.25) is 19.3 Å². The average Bonchev–Trinajstić information content (AvgIpc) is 3.58. The van der Waals surface area contributed by atoms with Gasteiger partial charge in [0.1, 0.15) is 11.8 Å². The Morgan fingerprint density at radius 2 is 1.61 bits per heavy atom. The zero-order chi connectivity index (χ0) is 23.0. The van der Waals surface area contributed by atoms with Crippen molar-refractivity contribution in [1.82, 2.24) is 15.1 Å².